The first-order valence-electron chi connectivity index (χ1n) is 9.72. The molecule has 7 unspecified atom stereocenters. The predicted octanol–water partition coefficient (Wildman–Crippen LogP) is 3.75. The number of fused-ring (bicyclic) bond motifs is 5. The number of hydrogen-bond donors (Lipinski definition) is 2. The molecule has 23 heavy (non-hydrogen) atoms. The van der Waals surface area contributed by atoms with E-state index < -0.39 is 5.60 Å². The van der Waals surface area contributed by atoms with Crippen LogP contribution in [0.25, 0.3) is 0 Å². The second kappa shape index (κ2) is 4.99. The van der Waals surface area contributed by atoms with Gasteiger partial charge in [0, 0.05) is 5.41 Å². The third-order valence-corrected chi connectivity index (χ3v) is 9.03. The van der Waals surface area contributed by atoms with E-state index >= 15 is 0 Å². The van der Waals surface area contributed by atoms with Gasteiger partial charge in [-0.05, 0) is 86.9 Å². The van der Waals surface area contributed by atoms with E-state index in [1.54, 1.807) is 0 Å². The highest BCUT2D eigenvalue weighted by atomic mass is 16.3. The minimum atomic E-state index is -0.886. The van der Waals surface area contributed by atoms with Gasteiger partial charge in [-0.15, -0.1) is 6.42 Å². The minimum Gasteiger partial charge on any atom is -0.393 e. The Labute approximate surface area is 141 Å². The Hall–Kier alpha value is -0.520. The van der Waals surface area contributed by atoms with E-state index in [0.717, 1.165) is 43.9 Å². The summed E-state index contributed by atoms with van der Waals surface area (Å²) in [6, 6.07) is 0. The quantitative estimate of drug-likeness (QED) is 0.668. The fraction of sp³-hybridized carbons (Fsp3) is 0.905. The lowest BCUT2D eigenvalue weighted by Gasteiger charge is -2.61. The van der Waals surface area contributed by atoms with Crippen LogP contribution >= 0.6 is 0 Å². The van der Waals surface area contributed by atoms with Crippen LogP contribution in [0.4, 0.5) is 0 Å². The van der Waals surface area contributed by atoms with Crippen LogP contribution in [0.2, 0.25) is 0 Å². The van der Waals surface area contributed by atoms with Gasteiger partial charge in [-0.1, -0.05) is 19.8 Å². The molecule has 4 aliphatic carbocycles. The van der Waals surface area contributed by atoms with Crippen molar-refractivity contribution in [3.8, 4) is 12.3 Å². The summed E-state index contributed by atoms with van der Waals surface area (Å²) in [7, 11) is 0. The highest BCUT2D eigenvalue weighted by molar-refractivity contribution is 5.23. The minimum absolute atomic E-state index is 0.0727. The van der Waals surface area contributed by atoms with Gasteiger partial charge in [0.05, 0.1) is 6.10 Å². The van der Waals surface area contributed by atoms with Crippen molar-refractivity contribution in [1.82, 2.24) is 0 Å². The molecule has 0 bridgehead atoms. The third kappa shape index (κ3) is 1.96. The molecule has 0 aromatic heterocycles. The van der Waals surface area contributed by atoms with E-state index in [-0.39, 0.29) is 11.5 Å². The maximum atomic E-state index is 11.0. The number of aliphatic hydroxyl groups excluding tert-OH is 1. The van der Waals surface area contributed by atoms with Crippen molar-refractivity contribution in [2.45, 2.75) is 83.3 Å². The Kier molecular flexibility index (Phi) is 3.47. The van der Waals surface area contributed by atoms with Crippen LogP contribution in [0.15, 0.2) is 0 Å². The lowest BCUT2D eigenvalue weighted by atomic mass is 9.44. The number of hydrogen-bond acceptors (Lipinski definition) is 2. The molecule has 4 fully saturated rings. The maximum absolute atomic E-state index is 11.0. The number of terminal acetylenes is 1. The third-order valence-electron chi connectivity index (χ3n) is 9.03. The normalized spacial score (nSPS) is 58.7. The first-order valence-corrected chi connectivity index (χ1v) is 9.72. The summed E-state index contributed by atoms with van der Waals surface area (Å²) in [5, 5.41) is 21.1. The van der Waals surface area contributed by atoms with E-state index in [4.69, 9.17) is 6.42 Å². The molecule has 2 heteroatoms. The van der Waals surface area contributed by atoms with Gasteiger partial charge in [-0.2, -0.15) is 0 Å². The smallest absolute Gasteiger partial charge is 0.130 e. The molecule has 0 spiro atoms. The molecule has 8 atom stereocenters. The molecule has 4 rings (SSSR count). The standard InChI is InChI=1S/C21H32O2/c1-4-21(23)12-9-18-16-6-5-14-13-15(22)7-10-19(14,2)17(16)8-11-20(18,21)3/h1,14-18,22-23H,5-13H2,2-3H3/t14?,15?,16?,17?,18?,19?,20?,21-/m0/s1. The summed E-state index contributed by atoms with van der Waals surface area (Å²) in [6.45, 7) is 4.77. The Morgan fingerprint density at radius 2 is 1.70 bits per heavy atom. The molecule has 0 amide bonds. The second-order valence-electron chi connectivity index (χ2n) is 9.58. The van der Waals surface area contributed by atoms with Crippen LogP contribution < -0.4 is 0 Å². The summed E-state index contributed by atoms with van der Waals surface area (Å²) in [5.74, 6) is 5.56. The lowest BCUT2D eigenvalue weighted by Crippen LogP contribution is -2.56. The monoisotopic (exact) mass is 316 g/mol. The fourth-order valence-electron chi connectivity index (χ4n) is 7.49. The molecule has 0 radical (unpaired) electrons. The van der Waals surface area contributed by atoms with Gasteiger partial charge in [-0.25, -0.2) is 0 Å². The molecule has 0 aromatic carbocycles. The molecular formula is C21H32O2. The zero-order chi connectivity index (χ0) is 16.5. The summed E-state index contributed by atoms with van der Waals surface area (Å²) in [6.07, 6.45) is 15.6. The van der Waals surface area contributed by atoms with Crippen molar-refractivity contribution >= 4 is 0 Å². The fourth-order valence-corrected chi connectivity index (χ4v) is 7.49. The molecule has 4 saturated carbocycles. The van der Waals surface area contributed by atoms with Crippen molar-refractivity contribution in [1.29, 1.82) is 0 Å². The Morgan fingerprint density at radius 3 is 2.43 bits per heavy atom. The van der Waals surface area contributed by atoms with Gasteiger partial charge in [-0.3, -0.25) is 0 Å². The second-order valence-corrected chi connectivity index (χ2v) is 9.58. The first kappa shape index (κ1) is 16.0. The van der Waals surface area contributed by atoms with Gasteiger partial charge in [0.25, 0.3) is 0 Å². The highest BCUT2D eigenvalue weighted by Crippen LogP contribution is 2.68. The van der Waals surface area contributed by atoms with E-state index in [2.05, 4.69) is 19.8 Å². The van der Waals surface area contributed by atoms with Crippen LogP contribution in [0.1, 0.15) is 71.6 Å². The number of rotatable bonds is 0. The van der Waals surface area contributed by atoms with Crippen molar-refractivity contribution < 1.29 is 10.2 Å². The lowest BCUT2D eigenvalue weighted by molar-refractivity contribution is -0.144. The molecule has 2 nitrogen and oxygen atoms in total. The van der Waals surface area contributed by atoms with Crippen molar-refractivity contribution in [2.75, 3.05) is 0 Å². The first-order chi connectivity index (χ1) is 10.8. The van der Waals surface area contributed by atoms with E-state index in [0.29, 0.717) is 17.3 Å². The van der Waals surface area contributed by atoms with Gasteiger partial charge >= 0.3 is 0 Å². The Bertz CT molecular complexity index is 536. The summed E-state index contributed by atoms with van der Waals surface area (Å²) in [5.41, 5.74) is -0.566. The van der Waals surface area contributed by atoms with Crippen LogP contribution in [-0.2, 0) is 0 Å². The summed E-state index contributed by atoms with van der Waals surface area (Å²) < 4.78 is 0. The van der Waals surface area contributed by atoms with Crippen molar-refractivity contribution in [3.63, 3.8) is 0 Å². The molecule has 0 aliphatic heterocycles. The van der Waals surface area contributed by atoms with Crippen LogP contribution in [0.3, 0.4) is 0 Å². The Balaban J connectivity index is 1.65. The zero-order valence-corrected chi connectivity index (χ0v) is 14.7. The molecular weight excluding hydrogens is 284 g/mol. The largest absolute Gasteiger partial charge is 0.393 e. The molecule has 0 heterocycles. The maximum Gasteiger partial charge on any atom is 0.130 e. The molecule has 0 saturated heterocycles. The topological polar surface area (TPSA) is 40.5 Å². The van der Waals surface area contributed by atoms with Gasteiger partial charge < -0.3 is 10.2 Å². The van der Waals surface area contributed by atoms with Crippen LogP contribution in [0.5, 0.6) is 0 Å². The Morgan fingerprint density at radius 1 is 0.957 bits per heavy atom. The summed E-state index contributed by atoms with van der Waals surface area (Å²) in [4.78, 5) is 0. The van der Waals surface area contributed by atoms with Crippen LogP contribution in [-0.4, -0.2) is 21.9 Å². The predicted molar refractivity (Wildman–Crippen MR) is 91.5 cm³/mol. The summed E-state index contributed by atoms with van der Waals surface area (Å²) >= 11 is 0. The van der Waals surface area contributed by atoms with E-state index in [1.807, 2.05) is 0 Å². The van der Waals surface area contributed by atoms with Gasteiger partial charge in [0.1, 0.15) is 5.60 Å². The molecule has 0 aromatic rings. The average Bonchev–Trinajstić information content (AvgIpc) is 2.80. The zero-order valence-electron chi connectivity index (χ0n) is 14.7. The van der Waals surface area contributed by atoms with Gasteiger partial charge in [0.15, 0.2) is 0 Å². The highest BCUT2D eigenvalue weighted by Gasteiger charge is 2.64. The van der Waals surface area contributed by atoms with E-state index in [9.17, 15) is 10.2 Å². The molecule has 2 N–H and O–H groups in total. The van der Waals surface area contributed by atoms with Gasteiger partial charge in [0.2, 0.25) is 0 Å². The average molecular weight is 316 g/mol. The molecule has 4 aliphatic rings. The van der Waals surface area contributed by atoms with Crippen molar-refractivity contribution in [3.05, 3.63) is 0 Å². The van der Waals surface area contributed by atoms with E-state index in [1.165, 1.54) is 25.7 Å². The van der Waals surface area contributed by atoms with Crippen LogP contribution in [0, 0.1) is 46.8 Å². The number of aliphatic hydroxyl groups is 2. The molecule has 128 valence electrons. The SMILES string of the molecule is C#C[C@]1(O)CCC2C3CCC4CC(O)CCC4(C)C3CCC21C. The van der Waals surface area contributed by atoms with Crippen molar-refractivity contribution in [2.24, 2.45) is 34.5 Å².